The fourth-order valence-corrected chi connectivity index (χ4v) is 6.61. The molecule has 0 aromatic heterocycles. The normalized spacial score (nSPS) is 11.8. The van der Waals surface area contributed by atoms with Gasteiger partial charge in [0.1, 0.15) is 13.2 Å². The van der Waals surface area contributed by atoms with Crippen molar-refractivity contribution in [3.63, 3.8) is 0 Å². The molecule has 0 aromatic rings. The number of ether oxygens (including phenoxy) is 2. The summed E-state index contributed by atoms with van der Waals surface area (Å²) in [6, 6.07) is 1.96. The van der Waals surface area contributed by atoms with Gasteiger partial charge in [0, 0.05) is 26.3 Å². The smallest absolute Gasteiger partial charge is 0.407 e. The highest BCUT2D eigenvalue weighted by Crippen LogP contribution is 2.13. The van der Waals surface area contributed by atoms with Gasteiger partial charge in [-0.05, 0) is 65.0 Å². The Hall–Kier alpha value is -1.11. The van der Waals surface area contributed by atoms with Crippen LogP contribution >= 0.6 is 0 Å². The Morgan fingerprint density at radius 2 is 1.07 bits per heavy atom. The second-order valence-electron chi connectivity index (χ2n) is 7.72. The van der Waals surface area contributed by atoms with E-state index in [-0.39, 0.29) is 13.2 Å². The summed E-state index contributed by atoms with van der Waals surface area (Å²) >= 11 is 0. The SMILES string of the molecule is CCO[Si](C)(C)CCCNC(=O)OCCOC(=O)NCCC[Si](C)(C)OCC. The van der Waals surface area contributed by atoms with E-state index in [1.807, 2.05) is 13.8 Å². The Morgan fingerprint density at radius 3 is 1.39 bits per heavy atom. The summed E-state index contributed by atoms with van der Waals surface area (Å²) in [7, 11) is -3.22. The Bertz CT molecular complexity index is 410. The van der Waals surface area contributed by atoms with E-state index in [4.69, 9.17) is 18.3 Å². The molecule has 0 radical (unpaired) electrons. The monoisotopic (exact) mass is 436 g/mol. The summed E-state index contributed by atoms with van der Waals surface area (Å²) < 4.78 is 21.4. The van der Waals surface area contributed by atoms with Gasteiger partial charge >= 0.3 is 12.2 Å². The molecule has 0 saturated carbocycles. The molecule has 0 saturated heterocycles. The first-order chi connectivity index (χ1) is 13.1. The Balaban J connectivity index is 3.62. The molecule has 8 nitrogen and oxygen atoms in total. The maximum atomic E-state index is 11.6. The minimum absolute atomic E-state index is 0.0305. The van der Waals surface area contributed by atoms with Crippen LogP contribution in [0.15, 0.2) is 0 Å². The molecular weight excluding hydrogens is 396 g/mol. The summed E-state index contributed by atoms with van der Waals surface area (Å²) in [4.78, 5) is 23.2. The van der Waals surface area contributed by atoms with Gasteiger partial charge < -0.3 is 29.0 Å². The molecule has 0 heterocycles. The molecule has 0 rings (SSSR count). The van der Waals surface area contributed by atoms with Crippen LogP contribution in [0.5, 0.6) is 0 Å². The molecular formula is C18H40N2O6Si2. The molecule has 28 heavy (non-hydrogen) atoms. The number of rotatable bonds is 15. The average Bonchev–Trinajstić information content (AvgIpc) is 2.59. The maximum absolute atomic E-state index is 11.6. The highest BCUT2D eigenvalue weighted by Gasteiger charge is 2.21. The van der Waals surface area contributed by atoms with E-state index in [2.05, 4.69) is 36.8 Å². The first kappa shape index (κ1) is 26.9. The van der Waals surface area contributed by atoms with E-state index in [0.29, 0.717) is 13.1 Å². The second kappa shape index (κ2) is 14.8. The Kier molecular flexibility index (Phi) is 14.2. The summed E-state index contributed by atoms with van der Waals surface area (Å²) in [6.07, 6.45) is 0.720. The molecule has 2 amide bonds. The molecule has 0 atom stereocenters. The highest BCUT2D eigenvalue weighted by atomic mass is 28.4. The van der Waals surface area contributed by atoms with Crippen LogP contribution in [0.3, 0.4) is 0 Å². The average molecular weight is 437 g/mol. The summed E-state index contributed by atoms with van der Waals surface area (Å²) in [5.74, 6) is 0. The fraction of sp³-hybridized carbons (Fsp3) is 0.889. The molecule has 0 bridgehead atoms. The first-order valence-corrected chi connectivity index (χ1v) is 16.4. The standard InChI is InChI=1S/C18H40N2O6Si2/c1-7-25-27(3,4)15-9-11-19-17(21)23-13-14-24-18(22)20-12-10-16-28(5,6)26-8-2/h7-16H2,1-6H3,(H,19,21)(H,20,22). The van der Waals surface area contributed by atoms with Crippen molar-refractivity contribution >= 4 is 28.8 Å². The maximum Gasteiger partial charge on any atom is 0.407 e. The summed E-state index contributed by atoms with van der Waals surface area (Å²) in [6.45, 7) is 15.3. The van der Waals surface area contributed by atoms with E-state index in [9.17, 15) is 9.59 Å². The van der Waals surface area contributed by atoms with Gasteiger partial charge in [0.25, 0.3) is 0 Å². The minimum Gasteiger partial charge on any atom is -0.446 e. The molecule has 2 N–H and O–H groups in total. The van der Waals surface area contributed by atoms with Crippen LogP contribution in [-0.4, -0.2) is 68.3 Å². The van der Waals surface area contributed by atoms with Gasteiger partial charge in [-0.3, -0.25) is 0 Å². The lowest BCUT2D eigenvalue weighted by molar-refractivity contribution is 0.0957. The molecule has 0 aliphatic rings. The van der Waals surface area contributed by atoms with Gasteiger partial charge in [-0.1, -0.05) is 0 Å². The van der Waals surface area contributed by atoms with Crippen LogP contribution < -0.4 is 10.6 Å². The second-order valence-corrected chi connectivity index (χ2v) is 16.3. The third-order valence-corrected chi connectivity index (χ3v) is 9.33. The van der Waals surface area contributed by atoms with Crippen molar-refractivity contribution in [3.05, 3.63) is 0 Å². The van der Waals surface area contributed by atoms with E-state index in [1.54, 1.807) is 0 Å². The number of carbonyl (C=O) groups excluding carboxylic acids is 2. The largest absolute Gasteiger partial charge is 0.446 e. The third-order valence-electron chi connectivity index (χ3n) is 4.07. The van der Waals surface area contributed by atoms with Gasteiger partial charge in [0.15, 0.2) is 16.6 Å². The topological polar surface area (TPSA) is 95.1 Å². The zero-order chi connectivity index (χ0) is 21.5. The van der Waals surface area contributed by atoms with E-state index < -0.39 is 28.8 Å². The van der Waals surface area contributed by atoms with Crippen molar-refractivity contribution in [1.82, 2.24) is 10.6 Å². The minimum atomic E-state index is -1.61. The van der Waals surface area contributed by atoms with Crippen LogP contribution in [0.25, 0.3) is 0 Å². The Labute approximate surface area is 172 Å². The van der Waals surface area contributed by atoms with Crippen molar-refractivity contribution in [2.75, 3.05) is 39.5 Å². The van der Waals surface area contributed by atoms with Gasteiger partial charge in [0.05, 0.1) is 0 Å². The molecule has 166 valence electrons. The summed E-state index contributed by atoms with van der Waals surface area (Å²) in [5, 5.41) is 5.39. The van der Waals surface area contributed by atoms with E-state index in [1.165, 1.54) is 0 Å². The predicted octanol–water partition coefficient (Wildman–Crippen LogP) is 3.70. The van der Waals surface area contributed by atoms with Crippen LogP contribution in [-0.2, 0) is 18.3 Å². The fourth-order valence-electron chi connectivity index (χ4n) is 2.71. The number of nitrogens with one attached hydrogen (secondary N) is 2. The van der Waals surface area contributed by atoms with Gasteiger partial charge in [-0.15, -0.1) is 0 Å². The van der Waals surface area contributed by atoms with Crippen molar-refractivity contribution in [1.29, 1.82) is 0 Å². The van der Waals surface area contributed by atoms with Gasteiger partial charge in [-0.2, -0.15) is 0 Å². The van der Waals surface area contributed by atoms with Crippen molar-refractivity contribution in [2.45, 2.75) is 65.0 Å². The number of hydrogen-bond donors (Lipinski definition) is 2. The lowest BCUT2D eigenvalue weighted by Gasteiger charge is -2.21. The summed E-state index contributed by atoms with van der Waals surface area (Å²) in [5.41, 5.74) is 0. The number of alkyl carbamates (subject to hydrolysis) is 2. The molecule has 0 aliphatic heterocycles. The van der Waals surface area contributed by atoms with Crippen LogP contribution in [0, 0.1) is 0 Å². The van der Waals surface area contributed by atoms with Gasteiger partial charge in [-0.25, -0.2) is 9.59 Å². The molecule has 0 spiro atoms. The van der Waals surface area contributed by atoms with Crippen LogP contribution in [0.1, 0.15) is 26.7 Å². The number of hydrogen-bond acceptors (Lipinski definition) is 6. The van der Waals surface area contributed by atoms with Crippen LogP contribution in [0.4, 0.5) is 9.59 Å². The van der Waals surface area contributed by atoms with Crippen LogP contribution in [0.2, 0.25) is 38.3 Å². The molecule has 10 heteroatoms. The van der Waals surface area contributed by atoms with Crippen molar-refractivity contribution in [2.24, 2.45) is 0 Å². The Morgan fingerprint density at radius 1 is 0.714 bits per heavy atom. The quantitative estimate of drug-likeness (QED) is 0.300. The zero-order valence-electron chi connectivity index (χ0n) is 18.5. The third kappa shape index (κ3) is 15.9. The van der Waals surface area contributed by atoms with Crippen molar-refractivity contribution in [3.8, 4) is 0 Å². The van der Waals surface area contributed by atoms with E-state index >= 15 is 0 Å². The highest BCUT2D eigenvalue weighted by molar-refractivity contribution is 6.71. The lowest BCUT2D eigenvalue weighted by atomic mass is 10.5. The zero-order valence-corrected chi connectivity index (χ0v) is 20.5. The lowest BCUT2D eigenvalue weighted by Crippen LogP contribution is -2.33. The van der Waals surface area contributed by atoms with Crippen molar-refractivity contribution < 1.29 is 27.9 Å². The number of amides is 2. The first-order valence-electron chi connectivity index (χ1n) is 10.2. The molecule has 0 aromatic carbocycles. The molecule has 0 fully saturated rings. The number of carbonyl (C=O) groups is 2. The van der Waals surface area contributed by atoms with E-state index in [0.717, 1.165) is 38.1 Å². The molecule has 0 unspecified atom stereocenters. The predicted molar refractivity (Wildman–Crippen MR) is 116 cm³/mol. The molecule has 0 aliphatic carbocycles. The van der Waals surface area contributed by atoms with Gasteiger partial charge in [0.2, 0.25) is 0 Å².